The number of benzene rings is 1. The van der Waals surface area contributed by atoms with Crippen molar-refractivity contribution in [2.45, 2.75) is 108 Å². The van der Waals surface area contributed by atoms with Gasteiger partial charge < -0.3 is 29.8 Å². The highest BCUT2D eigenvalue weighted by atomic mass is 19.1. The predicted octanol–water partition coefficient (Wildman–Crippen LogP) is 6.75. The highest BCUT2D eigenvalue weighted by Crippen LogP contribution is 2.45. The molecule has 9 rings (SSSR count). The van der Waals surface area contributed by atoms with E-state index in [9.17, 15) is 9.59 Å². The minimum absolute atomic E-state index is 0.00554. The summed E-state index contributed by atoms with van der Waals surface area (Å²) in [6.45, 7) is 3.11. The van der Waals surface area contributed by atoms with Gasteiger partial charge in [0.15, 0.2) is 5.82 Å². The van der Waals surface area contributed by atoms with Crippen LogP contribution >= 0.6 is 0 Å². The number of likely N-dealkylation sites (tertiary alicyclic amines) is 1. The zero-order valence-corrected chi connectivity index (χ0v) is 30.4. The van der Waals surface area contributed by atoms with Gasteiger partial charge in [-0.25, -0.2) is 14.4 Å². The molecule has 2 aliphatic heterocycles. The van der Waals surface area contributed by atoms with Gasteiger partial charge in [0.2, 0.25) is 5.67 Å². The van der Waals surface area contributed by atoms with Crippen molar-refractivity contribution in [3.05, 3.63) is 71.7 Å². The summed E-state index contributed by atoms with van der Waals surface area (Å²) in [5.41, 5.74) is 8.98. The molecular weight excluding hydrogens is 672 g/mol. The van der Waals surface area contributed by atoms with Gasteiger partial charge in [-0.15, -0.1) is 0 Å². The topological polar surface area (TPSA) is 133 Å². The number of rotatable bonds is 5. The number of alkyl halides is 1. The van der Waals surface area contributed by atoms with E-state index in [4.69, 9.17) is 20.4 Å². The van der Waals surface area contributed by atoms with Gasteiger partial charge in [-0.05, 0) is 107 Å². The SMILES string of the molecule is COc1cc(C(=O)N2C[C@H](N)[C@H]3CC[C@@H]2C3)cc2nc(-c3cc4ccc5nc4n3CCCCCC[C@](F)(c3ccccn3)C(=O)N[C@@H]5C)n(C3CC3)c12. The maximum absolute atomic E-state index is 16.6. The van der Waals surface area contributed by atoms with Gasteiger partial charge in [0.25, 0.3) is 11.8 Å². The first-order valence-electron chi connectivity index (χ1n) is 19.3. The molecule has 0 spiro atoms. The van der Waals surface area contributed by atoms with Crippen molar-refractivity contribution in [2.24, 2.45) is 11.7 Å². The van der Waals surface area contributed by atoms with Crippen LogP contribution in [0.15, 0.2) is 54.7 Å². The molecule has 3 N–H and O–H groups in total. The van der Waals surface area contributed by atoms with Crippen LogP contribution in [-0.4, -0.2) is 66.5 Å². The lowest BCUT2D eigenvalue weighted by molar-refractivity contribution is -0.135. The first kappa shape index (κ1) is 34.0. The molecule has 2 saturated carbocycles. The van der Waals surface area contributed by atoms with Crippen molar-refractivity contribution in [3.8, 4) is 17.3 Å². The lowest BCUT2D eigenvalue weighted by Crippen LogP contribution is -2.51. The molecule has 5 aromatic rings. The van der Waals surface area contributed by atoms with Crippen molar-refractivity contribution in [1.82, 2.24) is 34.3 Å². The summed E-state index contributed by atoms with van der Waals surface area (Å²) in [7, 11) is 1.66. The Labute approximate surface area is 308 Å². The van der Waals surface area contributed by atoms with E-state index in [0.29, 0.717) is 42.4 Å². The molecule has 4 aliphatic rings. The average Bonchev–Trinajstić information content (AvgIpc) is 3.64. The average molecular weight is 719 g/mol. The number of hydrogen-bond donors (Lipinski definition) is 2. The number of amides is 2. The number of hydrogen-bond acceptors (Lipinski definition) is 7. The van der Waals surface area contributed by atoms with Crippen molar-refractivity contribution in [3.63, 3.8) is 0 Å². The fraction of sp³-hybridized carbons (Fsp3) is 0.488. The normalized spacial score (nSPS) is 26.6. The number of carbonyl (C=O) groups is 2. The number of nitrogens with two attached hydrogens (primary N) is 1. The Hall–Kier alpha value is -4.84. The van der Waals surface area contributed by atoms with Crippen LogP contribution in [0.4, 0.5) is 4.39 Å². The number of pyridine rings is 2. The van der Waals surface area contributed by atoms with Gasteiger partial charge in [-0.1, -0.05) is 18.9 Å². The van der Waals surface area contributed by atoms with Gasteiger partial charge in [0, 0.05) is 48.4 Å². The first-order valence-corrected chi connectivity index (χ1v) is 19.3. The maximum atomic E-state index is 16.6. The van der Waals surface area contributed by atoms with E-state index in [-0.39, 0.29) is 36.1 Å². The van der Waals surface area contributed by atoms with Crippen molar-refractivity contribution >= 4 is 33.9 Å². The summed E-state index contributed by atoms with van der Waals surface area (Å²) < 4.78 is 27.2. The fourth-order valence-electron chi connectivity index (χ4n) is 9.07. The van der Waals surface area contributed by atoms with E-state index in [2.05, 4.69) is 25.5 Å². The predicted molar refractivity (Wildman–Crippen MR) is 200 cm³/mol. The maximum Gasteiger partial charge on any atom is 0.264 e. The Morgan fingerprint density at radius 2 is 1.85 bits per heavy atom. The Balaban J connectivity index is 1.12. The molecule has 1 aromatic carbocycles. The van der Waals surface area contributed by atoms with Gasteiger partial charge in [-0.2, -0.15) is 0 Å². The van der Waals surface area contributed by atoms with E-state index in [1.165, 1.54) is 6.20 Å². The monoisotopic (exact) mass is 718 g/mol. The molecule has 5 atom stereocenters. The van der Waals surface area contributed by atoms with E-state index in [1.807, 2.05) is 36.1 Å². The Morgan fingerprint density at radius 3 is 2.64 bits per heavy atom. The summed E-state index contributed by atoms with van der Waals surface area (Å²) in [4.78, 5) is 44.3. The zero-order valence-electron chi connectivity index (χ0n) is 30.4. The number of aromatic nitrogens is 5. The van der Waals surface area contributed by atoms with E-state index < -0.39 is 17.6 Å². The second-order valence-corrected chi connectivity index (χ2v) is 15.6. The molecule has 276 valence electrons. The third-order valence-electron chi connectivity index (χ3n) is 12.2. The van der Waals surface area contributed by atoms with Gasteiger partial charge in [0.1, 0.15) is 16.9 Å². The molecule has 0 unspecified atom stereocenters. The van der Waals surface area contributed by atoms with Crippen LogP contribution in [0.2, 0.25) is 0 Å². The molecular formula is C41H47FN8O3. The quantitative estimate of drug-likeness (QED) is 0.206. The Morgan fingerprint density at radius 1 is 1.02 bits per heavy atom. The third kappa shape index (κ3) is 5.86. The number of nitrogens with zero attached hydrogens (tertiary/aromatic N) is 6. The minimum Gasteiger partial charge on any atom is -0.494 e. The minimum atomic E-state index is -2.23. The number of carbonyl (C=O) groups excluding carboxylic acids is 2. The van der Waals surface area contributed by atoms with E-state index in [0.717, 1.165) is 85.0 Å². The number of methoxy groups -OCH3 is 1. The summed E-state index contributed by atoms with van der Waals surface area (Å²) >= 11 is 0. The van der Waals surface area contributed by atoms with Crippen LogP contribution in [0.25, 0.3) is 33.6 Å². The van der Waals surface area contributed by atoms with Crippen molar-refractivity contribution in [1.29, 1.82) is 0 Å². The summed E-state index contributed by atoms with van der Waals surface area (Å²) in [6, 6.07) is 14.9. The van der Waals surface area contributed by atoms with Crippen molar-refractivity contribution < 1.29 is 18.7 Å². The molecule has 1 saturated heterocycles. The Bertz CT molecular complexity index is 2210. The third-order valence-corrected chi connectivity index (χ3v) is 12.2. The van der Waals surface area contributed by atoms with Crippen LogP contribution in [-0.2, 0) is 17.0 Å². The second-order valence-electron chi connectivity index (χ2n) is 15.6. The number of piperidine rings is 1. The highest BCUT2D eigenvalue weighted by Gasteiger charge is 2.43. The first-order chi connectivity index (χ1) is 25.7. The second kappa shape index (κ2) is 13.2. The van der Waals surface area contributed by atoms with Crippen LogP contribution in [0, 0.1) is 5.92 Å². The number of ether oxygens (including phenoxy) is 1. The molecule has 2 amide bonds. The molecule has 4 aromatic heterocycles. The lowest BCUT2D eigenvalue weighted by atomic mass is 9.92. The molecule has 2 aliphatic carbocycles. The molecule has 3 fully saturated rings. The number of imidazole rings is 1. The zero-order chi connectivity index (χ0) is 36.4. The molecule has 6 heterocycles. The van der Waals surface area contributed by atoms with Crippen molar-refractivity contribution in [2.75, 3.05) is 13.7 Å². The number of fused-ring (bicyclic) bond motifs is 4. The van der Waals surface area contributed by atoms with Crippen LogP contribution in [0.1, 0.15) is 105 Å². The van der Waals surface area contributed by atoms with Gasteiger partial charge in [-0.3, -0.25) is 14.6 Å². The Kier molecular flexibility index (Phi) is 8.48. The summed E-state index contributed by atoms with van der Waals surface area (Å²) in [5, 5.41) is 3.88. The van der Waals surface area contributed by atoms with Gasteiger partial charge >= 0.3 is 0 Å². The fourth-order valence-corrected chi connectivity index (χ4v) is 9.07. The molecule has 4 bridgehead atoms. The standard InChI is InChI=1S/C41H47FN8O3/c1-24-31-15-11-26-21-33(48(37(26)46-31)18-8-4-3-6-16-41(42,40(52)45-24)35-9-5-7-17-44-35)38-47-32-20-27(22-34(53-2)36(32)50(38)28-13-14-28)39(51)49-23-30(43)25-10-12-29(49)19-25/h5,7,9,11,15,17,20-22,24-25,28-30H,3-4,6,8,10,12-14,16,18-19,23,43H2,1-2H3,(H,45,52)/t24-,25+,29-,30+,41+/m1/s1. The number of halogens is 1. The molecule has 11 nitrogen and oxygen atoms in total. The summed E-state index contributed by atoms with van der Waals surface area (Å²) in [5.74, 6) is 1.25. The lowest BCUT2D eigenvalue weighted by Gasteiger charge is -2.37. The highest BCUT2D eigenvalue weighted by molar-refractivity contribution is 6.00. The van der Waals surface area contributed by atoms with Crippen LogP contribution in [0.3, 0.4) is 0 Å². The van der Waals surface area contributed by atoms with Crippen LogP contribution in [0.5, 0.6) is 5.75 Å². The summed E-state index contributed by atoms with van der Waals surface area (Å²) in [6.07, 6.45) is 9.72. The number of aryl methyl sites for hydroxylation is 1. The smallest absolute Gasteiger partial charge is 0.264 e. The molecule has 0 radical (unpaired) electrons. The van der Waals surface area contributed by atoms with E-state index >= 15 is 4.39 Å². The van der Waals surface area contributed by atoms with Crippen LogP contribution < -0.4 is 15.8 Å². The largest absolute Gasteiger partial charge is 0.494 e. The molecule has 12 heteroatoms. The number of nitrogens with one attached hydrogen (secondary N) is 1. The molecule has 53 heavy (non-hydrogen) atoms. The van der Waals surface area contributed by atoms with Gasteiger partial charge in [0.05, 0.1) is 35.8 Å². The van der Waals surface area contributed by atoms with E-state index in [1.54, 1.807) is 25.3 Å².